The number of ether oxygens (including phenoxy) is 2. The molecule has 0 unspecified atom stereocenters. The van der Waals surface area contributed by atoms with E-state index in [0.29, 0.717) is 37.9 Å². The van der Waals surface area contributed by atoms with E-state index in [9.17, 15) is 13.2 Å². The molecule has 0 radical (unpaired) electrons. The third kappa shape index (κ3) is 5.84. The monoisotopic (exact) mass is 528 g/mol. The number of morpholine rings is 1. The Balaban J connectivity index is 1.53. The molecule has 1 aliphatic heterocycles. The lowest BCUT2D eigenvalue weighted by atomic mass is 9.87. The van der Waals surface area contributed by atoms with Crippen LogP contribution in [-0.4, -0.2) is 74.1 Å². The highest BCUT2D eigenvalue weighted by Crippen LogP contribution is 2.28. The minimum absolute atomic E-state index is 0.0200. The highest BCUT2D eigenvalue weighted by Gasteiger charge is 2.28. The Bertz CT molecular complexity index is 1360. The van der Waals surface area contributed by atoms with Gasteiger partial charge in [0.05, 0.1) is 37.3 Å². The predicted octanol–water partition coefficient (Wildman–Crippen LogP) is 3.34. The summed E-state index contributed by atoms with van der Waals surface area (Å²) in [5.41, 5.74) is 2.15. The summed E-state index contributed by atoms with van der Waals surface area (Å²) in [7, 11) is -1.11. The maximum Gasteiger partial charge on any atom is 0.257 e. The molecule has 2 aromatic carbocycles. The van der Waals surface area contributed by atoms with Gasteiger partial charge < -0.3 is 18.9 Å². The minimum atomic E-state index is -3.97. The van der Waals surface area contributed by atoms with Gasteiger partial charge in [-0.2, -0.15) is 9.29 Å². The Morgan fingerprint density at radius 3 is 2.41 bits per heavy atom. The fourth-order valence-electron chi connectivity index (χ4n) is 3.96. The van der Waals surface area contributed by atoms with E-state index in [0.717, 1.165) is 9.87 Å². The zero-order valence-electron chi connectivity index (χ0n) is 21.7. The number of amides is 1. The zero-order chi connectivity index (χ0) is 26.8. The van der Waals surface area contributed by atoms with Gasteiger partial charge in [-0.15, -0.1) is 0 Å². The van der Waals surface area contributed by atoms with Crippen LogP contribution in [0.5, 0.6) is 5.75 Å². The number of carbonyl (C=O) groups excluding carboxylic acids is 1. The lowest BCUT2D eigenvalue weighted by Gasteiger charge is -2.27. The van der Waals surface area contributed by atoms with Crippen LogP contribution in [0.2, 0.25) is 0 Å². The van der Waals surface area contributed by atoms with Crippen LogP contribution in [0.4, 0.5) is 0 Å². The Labute approximate surface area is 217 Å². The number of aromatic nitrogens is 2. The molecule has 198 valence electrons. The summed E-state index contributed by atoms with van der Waals surface area (Å²) in [5, 5.41) is 4.01. The summed E-state index contributed by atoms with van der Waals surface area (Å²) < 4.78 is 43.8. The molecule has 37 heavy (non-hydrogen) atoms. The first kappa shape index (κ1) is 26.8. The summed E-state index contributed by atoms with van der Waals surface area (Å²) in [5.74, 6) is 0.527. The standard InChI is InChI=1S/C26H32N4O6S/c1-26(2,3)19-8-6-18(7-9-19)24-27-23(36-28-24)17-29(4)37(32,33)20-10-11-22(34-5)21(16-20)25(31)30-12-14-35-15-13-30/h6-11,16H,12-15,17H2,1-5H3. The van der Waals surface area contributed by atoms with Crippen molar-refractivity contribution in [2.24, 2.45) is 0 Å². The Morgan fingerprint density at radius 2 is 1.78 bits per heavy atom. The van der Waals surface area contributed by atoms with Crippen molar-refractivity contribution in [3.05, 3.63) is 59.5 Å². The normalized spacial score (nSPS) is 14.7. The van der Waals surface area contributed by atoms with Gasteiger partial charge in [0.2, 0.25) is 21.7 Å². The van der Waals surface area contributed by atoms with Gasteiger partial charge in [0, 0.05) is 25.7 Å². The SMILES string of the molecule is COc1ccc(S(=O)(=O)N(C)Cc2nc(-c3ccc(C(C)(C)C)cc3)no2)cc1C(=O)N1CCOCC1. The van der Waals surface area contributed by atoms with E-state index in [1.807, 2.05) is 24.3 Å². The number of hydrogen-bond donors (Lipinski definition) is 0. The molecule has 0 atom stereocenters. The number of carbonyl (C=O) groups is 1. The fourth-order valence-corrected chi connectivity index (χ4v) is 5.11. The van der Waals surface area contributed by atoms with Gasteiger partial charge in [-0.3, -0.25) is 4.79 Å². The second kappa shape index (κ2) is 10.6. The number of benzene rings is 2. The van der Waals surface area contributed by atoms with Gasteiger partial charge in [-0.05, 0) is 29.2 Å². The van der Waals surface area contributed by atoms with Crippen LogP contribution in [0.3, 0.4) is 0 Å². The number of methoxy groups -OCH3 is 1. The van der Waals surface area contributed by atoms with E-state index in [4.69, 9.17) is 14.0 Å². The van der Waals surface area contributed by atoms with Crippen molar-refractivity contribution in [2.75, 3.05) is 40.5 Å². The maximum absolute atomic E-state index is 13.3. The molecular weight excluding hydrogens is 496 g/mol. The predicted molar refractivity (Wildman–Crippen MR) is 137 cm³/mol. The summed E-state index contributed by atoms with van der Waals surface area (Å²) in [6.45, 7) is 7.99. The molecule has 11 heteroatoms. The van der Waals surface area contributed by atoms with Crippen LogP contribution in [0.1, 0.15) is 42.6 Å². The highest BCUT2D eigenvalue weighted by molar-refractivity contribution is 7.89. The molecule has 1 amide bonds. The first-order valence-corrected chi connectivity index (χ1v) is 13.4. The molecule has 1 aliphatic rings. The van der Waals surface area contributed by atoms with Gasteiger partial charge in [0.15, 0.2) is 0 Å². The molecule has 1 saturated heterocycles. The van der Waals surface area contributed by atoms with Crippen LogP contribution in [0.15, 0.2) is 51.9 Å². The number of rotatable bonds is 7. The van der Waals surface area contributed by atoms with Gasteiger partial charge in [-0.25, -0.2) is 8.42 Å². The van der Waals surface area contributed by atoms with Crippen molar-refractivity contribution in [1.82, 2.24) is 19.3 Å². The minimum Gasteiger partial charge on any atom is -0.496 e. The van der Waals surface area contributed by atoms with Gasteiger partial charge in [0.25, 0.3) is 5.91 Å². The van der Waals surface area contributed by atoms with Gasteiger partial charge >= 0.3 is 0 Å². The molecule has 0 saturated carbocycles. The molecule has 0 spiro atoms. The second-order valence-corrected chi connectivity index (χ2v) is 11.9. The zero-order valence-corrected chi connectivity index (χ0v) is 22.5. The molecule has 2 heterocycles. The van der Waals surface area contributed by atoms with Crippen molar-refractivity contribution < 1.29 is 27.2 Å². The fraction of sp³-hybridized carbons (Fsp3) is 0.423. The molecule has 1 aromatic heterocycles. The van der Waals surface area contributed by atoms with E-state index in [1.165, 1.54) is 37.9 Å². The van der Waals surface area contributed by atoms with E-state index >= 15 is 0 Å². The van der Waals surface area contributed by atoms with Crippen LogP contribution in [0, 0.1) is 0 Å². The summed E-state index contributed by atoms with van der Waals surface area (Å²) in [4.78, 5) is 19.0. The average molecular weight is 529 g/mol. The van der Waals surface area contributed by atoms with Crippen LogP contribution in [-0.2, 0) is 26.7 Å². The smallest absolute Gasteiger partial charge is 0.257 e. The Kier molecular flexibility index (Phi) is 7.67. The van der Waals surface area contributed by atoms with Crippen molar-refractivity contribution in [1.29, 1.82) is 0 Å². The molecule has 0 aliphatic carbocycles. The molecule has 3 aromatic rings. The van der Waals surface area contributed by atoms with Gasteiger partial charge in [-0.1, -0.05) is 50.2 Å². The average Bonchev–Trinajstić information content (AvgIpc) is 3.36. The van der Waals surface area contributed by atoms with Crippen LogP contribution >= 0.6 is 0 Å². The number of sulfonamides is 1. The van der Waals surface area contributed by atoms with Crippen LogP contribution < -0.4 is 4.74 Å². The molecule has 0 bridgehead atoms. The second-order valence-electron chi connectivity index (χ2n) is 9.87. The summed E-state index contributed by atoms with van der Waals surface area (Å²) in [6, 6.07) is 12.1. The number of hydrogen-bond acceptors (Lipinski definition) is 8. The number of nitrogens with zero attached hydrogens (tertiary/aromatic N) is 4. The maximum atomic E-state index is 13.3. The van der Waals surface area contributed by atoms with Crippen molar-refractivity contribution in [2.45, 2.75) is 37.6 Å². The van der Waals surface area contributed by atoms with E-state index in [1.54, 1.807) is 4.90 Å². The third-order valence-electron chi connectivity index (χ3n) is 6.24. The summed E-state index contributed by atoms with van der Waals surface area (Å²) in [6.07, 6.45) is 0. The quantitative estimate of drug-likeness (QED) is 0.459. The largest absolute Gasteiger partial charge is 0.496 e. The molecule has 0 N–H and O–H groups in total. The molecular formula is C26H32N4O6S. The lowest BCUT2D eigenvalue weighted by molar-refractivity contribution is 0.0300. The molecule has 4 rings (SSSR count). The highest BCUT2D eigenvalue weighted by atomic mass is 32.2. The first-order valence-electron chi connectivity index (χ1n) is 12.0. The third-order valence-corrected chi connectivity index (χ3v) is 8.04. The van der Waals surface area contributed by atoms with Crippen molar-refractivity contribution in [3.63, 3.8) is 0 Å². The van der Waals surface area contributed by atoms with E-state index in [-0.39, 0.29) is 34.2 Å². The Hall–Kier alpha value is -3.28. The topological polar surface area (TPSA) is 115 Å². The van der Waals surface area contributed by atoms with Gasteiger partial charge in [0.1, 0.15) is 5.75 Å². The van der Waals surface area contributed by atoms with E-state index < -0.39 is 10.0 Å². The van der Waals surface area contributed by atoms with Crippen molar-refractivity contribution in [3.8, 4) is 17.1 Å². The molecule has 10 nitrogen and oxygen atoms in total. The summed E-state index contributed by atoms with van der Waals surface area (Å²) >= 11 is 0. The Morgan fingerprint density at radius 1 is 1.11 bits per heavy atom. The van der Waals surface area contributed by atoms with E-state index in [2.05, 4.69) is 30.9 Å². The van der Waals surface area contributed by atoms with Crippen molar-refractivity contribution >= 4 is 15.9 Å². The first-order chi connectivity index (χ1) is 17.5. The lowest BCUT2D eigenvalue weighted by Crippen LogP contribution is -2.40. The molecule has 1 fully saturated rings. The van der Waals surface area contributed by atoms with Crippen LogP contribution in [0.25, 0.3) is 11.4 Å².